The summed E-state index contributed by atoms with van der Waals surface area (Å²) in [5.74, 6) is 0.527. The van der Waals surface area contributed by atoms with Gasteiger partial charge in [-0.1, -0.05) is 18.2 Å². The van der Waals surface area contributed by atoms with Crippen LogP contribution in [0.4, 0.5) is 13.2 Å². The highest BCUT2D eigenvalue weighted by Gasteiger charge is 2.32. The first-order valence-corrected chi connectivity index (χ1v) is 11.5. The van der Waals surface area contributed by atoms with Gasteiger partial charge in [-0.25, -0.2) is 0 Å². The average Bonchev–Trinajstić information content (AvgIpc) is 3.11. The summed E-state index contributed by atoms with van der Waals surface area (Å²) in [5, 5.41) is 0. The third-order valence-electron chi connectivity index (χ3n) is 5.48. The van der Waals surface area contributed by atoms with Gasteiger partial charge in [0.05, 0.1) is 23.5 Å². The van der Waals surface area contributed by atoms with Gasteiger partial charge >= 0.3 is 6.36 Å². The second kappa shape index (κ2) is 9.68. The molecule has 1 aliphatic carbocycles. The monoisotopic (exact) mass is 454 g/mol. The molecule has 2 fully saturated rings. The van der Waals surface area contributed by atoms with E-state index in [2.05, 4.69) is 26.5 Å². The molecule has 1 saturated heterocycles. The number of nitrogens with one attached hydrogen (secondary N) is 1. The highest BCUT2D eigenvalue weighted by Crippen LogP contribution is 2.27. The Bertz CT molecular complexity index is 862. The number of benzene rings is 2. The summed E-state index contributed by atoms with van der Waals surface area (Å²) in [6.45, 7) is 2.35. The molecular weight excluding hydrogens is 429 g/mol. The zero-order valence-electron chi connectivity index (χ0n) is 16.9. The fourth-order valence-corrected chi connectivity index (χ4v) is 4.75. The van der Waals surface area contributed by atoms with Crippen LogP contribution >= 0.6 is 0 Å². The first-order valence-electron chi connectivity index (χ1n) is 10.4. The van der Waals surface area contributed by atoms with Crippen LogP contribution in [-0.4, -0.2) is 41.1 Å². The topological polar surface area (TPSA) is 56.8 Å². The Morgan fingerprint density at radius 2 is 1.84 bits per heavy atom. The minimum Gasteiger partial charge on any atom is -0.593 e. The number of hydrogen-bond donors (Lipinski definition) is 1. The molecule has 9 heteroatoms. The van der Waals surface area contributed by atoms with Gasteiger partial charge in [-0.05, 0) is 55.5 Å². The minimum absolute atomic E-state index is 0.00533. The van der Waals surface area contributed by atoms with Crippen LogP contribution in [0.15, 0.2) is 53.4 Å². The number of alkyl halides is 3. The lowest BCUT2D eigenvalue weighted by Gasteiger charge is -2.26. The van der Waals surface area contributed by atoms with E-state index in [0.29, 0.717) is 12.6 Å². The van der Waals surface area contributed by atoms with Gasteiger partial charge in [0.2, 0.25) is 0 Å². The van der Waals surface area contributed by atoms with Crippen LogP contribution in [0.2, 0.25) is 0 Å². The van der Waals surface area contributed by atoms with Gasteiger partial charge in [0, 0.05) is 25.7 Å². The lowest BCUT2D eigenvalue weighted by Crippen LogP contribution is -2.37. The Morgan fingerprint density at radius 3 is 2.52 bits per heavy atom. The number of nitrogens with zero attached hydrogens (tertiary/aromatic N) is 1. The van der Waals surface area contributed by atoms with Gasteiger partial charge in [-0.15, -0.1) is 17.9 Å². The van der Waals surface area contributed by atoms with Crippen molar-refractivity contribution in [1.82, 2.24) is 9.62 Å². The molecule has 4 rings (SSSR count). The predicted molar refractivity (Wildman–Crippen MR) is 111 cm³/mol. The third kappa shape index (κ3) is 6.52. The molecule has 1 heterocycles. The van der Waals surface area contributed by atoms with Gasteiger partial charge in [-0.2, -0.15) is 0 Å². The summed E-state index contributed by atoms with van der Waals surface area (Å²) in [5.41, 5.74) is 1.18. The maximum atomic E-state index is 12.6. The van der Waals surface area contributed by atoms with Crippen LogP contribution in [0.3, 0.4) is 0 Å². The molecule has 0 radical (unpaired) electrons. The van der Waals surface area contributed by atoms with Crippen LogP contribution in [0.5, 0.6) is 11.5 Å². The van der Waals surface area contributed by atoms with Crippen LogP contribution in [-0.2, 0) is 17.9 Å². The highest BCUT2D eigenvalue weighted by atomic mass is 32.2. The van der Waals surface area contributed by atoms with Crippen molar-refractivity contribution in [2.24, 2.45) is 0 Å². The molecule has 1 aliphatic heterocycles. The van der Waals surface area contributed by atoms with Gasteiger partial charge in [-0.3, -0.25) is 4.90 Å². The van der Waals surface area contributed by atoms with E-state index in [4.69, 9.17) is 4.74 Å². The molecule has 31 heavy (non-hydrogen) atoms. The normalized spacial score (nSPS) is 21.0. The Hall–Kier alpha value is -1.94. The van der Waals surface area contributed by atoms with Crippen molar-refractivity contribution < 1.29 is 27.2 Å². The molecule has 0 bridgehead atoms. The zero-order valence-corrected chi connectivity index (χ0v) is 17.8. The summed E-state index contributed by atoms with van der Waals surface area (Å²) >= 11 is -1.62. The fraction of sp³-hybridized carbons (Fsp3) is 0.455. The molecule has 2 aromatic carbocycles. The average molecular weight is 455 g/mol. The first kappa shape index (κ1) is 22.3. The number of rotatable bonds is 8. The first-order chi connectivity index (χ1) is 14.8. The van der Waals surface area contributed by atoms with Crippen molar-refractivity contribution >= 4 is 11.4 Å². The van der Waals surface area contributed by atoms with E-state index in [9.17, 15) is 17.7 Å². The second-order valence-corrected chi connectivity index (χ2v) is 9.19. The second-order valence-electron chi connectivity index (χ2n) is 7.94. The van der Waals surface area contributed by atoms with Crippen molar-refractivity contribution in [2.75, 3.05) is 13.1 Å². The van der Waals surface area contributed by atoms with Gasteiger partial charge in [0.25, 0.3) is 0 Å². The van der Waals surface area contributed by atoms with E-state index in [1.165, 1.54) is 30.2 Å². The van der Waals surface area contributed by atoms with Gasteiger partial charge in [0.15, 0.2) is 4.90 Å². The molecule has 1 unspecified atom stereocenters. The summed E-state index contributed by atoms with van der Waals surface area (Å²) in [7, 11) is 0. The Balaban J connectivity index is 1.25. The van der Waals surface area contributed by atoms with E-state index >= 15 is 0 Å². The van der Waals surface area contributed by atoms with Gasteiger partial charge < -0.3 is 14.0 Å². The van der Waals surface area contributed by atoms with E-state index in [1.807, 2.05) is 12.1 Å². The van der Waals surface area contributed by atoms with E-state index < -0.39 is 17.7 Å². The Labute approximate surface area is 182 Å². The lowest BCUT2D eigenvalue weighted by molar-refractivity contribution is -0.274. The van der Waals surface area contributed by atoms with Crippen LogP contribution in [0.1, 0.15) is 31.2 Å². The summed E-state index contributed by atoms with van der Waals surface area (Å²) in [4.78, 5) is 2.52. The van der Waals surface area contributed by atoms with Crippen LogP contribution in [0, 0.1) is 0 Å². The quantitative estimate of drug-likeness (QED) is 0.599. The molecule has 0 amide bonds. The molecule has 2 atom stereocenters. The largest absolute Gasteiger partial charge is 0.593 e. The number of hydrogen-bond acceptors (Lipinski definition) is 5. The zero-order chi connectivity index (χ0) is 21.8. The predicted octanol–water partition coefficient (Wildman–Crippen LogP) is 4.40. The third-order valence-corrected chi connectivity index (χ3v) is 6.71. The van der Waals surface area contributed by atoms with Crippen LogP contribution in [0.25, 0.3) is 0 Å². The maximum absolute atomic E-state index is 12.6. The standard InChI is InChI=1S/C22H25F3N2O3S/c23-22(24,25)30-20-5-2-6-21(13-20)31(28)26-17-11-12-27(15-17)14-16-7-9-19(10-8-16)29-18-3-1-4-18/h2,5-10,13,17-18,26H,1,3-4,11-12,14-15H2/t17-,31?/m1/s1. The number of likely N-dealkylation sites (tertiary alicyclic amines) is 1. The highest BCUT2D eigenvalue weighted by molar-refractivity contribution is 7.89. The SMILES string of the molecule is [O-][S+](N[C@@H]1CCN(Cc2ccc(OC3CCC3)cc2)C1)c1cccc(OC(F)(F)F)c1. The molecule has 0 aromatic heterocycles. The van der Waals surface area contributed by atoms with Crippen molar-refractivity contribution in [1.29, 1.82) is 0 Å². The van der Waals surface area contributed by atoms with E-state index in [-0.39, 0.29) is 16.7 Å². The van der Waals surface area contributed by atoms with Crippen molar-refractivity contribution in [3.05, 3.63) is 54.1 Å². The molecule has 2 aromatic rings. The van der Waals surface area contributed by atoms with Gasteiger partial charge in [0.1, 0.15) is 11.5 Å². The molecule has 0 spiro atoms. The fourth-order valence-electron chi connectivity index (χ4n) is 3.69. The molecule has 1 saturated carbocycles. The van der Waals surface area contributed by atoms with Crippen molar-refractivity contribution in [3.63, 3.8) is 0 Å². The summed E-state index contributed by atoms with van der Waals surface area (Å²) in [6.07, 6.45) is -0.104. The molecular formula is C22H25F3N2O3S. The Kier molecular flexibility index (Phi) is 6.95. The van der Waals surface area contributed by atoms with Crippen molar-refractivity contribution in [3.8, 4) is 11.5 Å². The number of ether oxygens (including phenoxy) is 2. The van der Waals surface area contributed by atoms with E-state index in [0.717, 1.165) is 44.2 Å². The molecule has 1 N–H and O–H groups in total. The summed E-state index contributed by atoms with van der Waals surface area (Å²) < 4.78 is 62.6. The lowest BCUT2D eigenvalue weighted by atomic mass is 9.96. The van der Waals surface area contributed by atoms with Crippen LogP contribution < -0.4 is 14.2 Å². The van der Waals surface area contributed by atoms with Crippen molar-refractivity contribution in [2.45, 2.75) is 55.6 Å². The number of halogens is 3. The smallest absolute Gasteiger partial charge is 0.573 e. The molecule has 2 aliphatic rings. The van der Waals surface area contributed by atoms with E-state index in [1.54, 1.807) is 0 Å². The maximum Gasteiger partial charge on any atom is 0.573 e. The summed E-state index contributed by atoms with van der Waals surface area (Å²) in [6, 6.07) is 13.4. The Morgan fingerprint density at radius 1 is 1.06 bits per heavy atom. The molecule has 5 nitrogen and oxygen atoms in total. The molecule has 168 valence electrons. The minimum atomic E-state index is -4.78.